The zero-order valence-corrected chi connectivity index (χ0v) is 12.1. The Kier molecular flexibility index (Phi) is 5.12. The fourth-order valence-electron chi connectivity index (χ4n) is 1.81. The van der Waals surface area contributed by atoms with Crippen LogP contribution in [0.4, 0.5) is 5.69 Å². The summed E-state index contributed by atoms with van der Waals surface area (Å²) in [6.07, 6.45) is 2.14. The van der Waals surface area contributed by atoms with Gasteiger partial charge in [-0.15, -0.1) is 11.6 Å². The number of amides is 1. The van der Waals surface area contributed by atoms with Gasteiger partial charge in [-0.1, -0.05) is 12.1 Å². The molecule has 0 atom stereocenters. The minimum absolute atomic E-state index is 0.00145. The Balaban J connectivity index is 2.01. The molecule has 0 radical (unpaired) electrons. The number of hydrogen-bond donors (Lipinski definition) is 2. The zero-order chi connectivity index (χ0) is 14.4. The van der Waals surface area contributed by atoms with E-state index in [1.54, 1.807) is 0 Å². The number of carbonyl (C=O) groups is 1. The molecule has 1 aromatic carbocycles. The van der Waals surface area contributed by atoms with Gasteiger partial charge in [-0.2, -0.15) is 5.10 Å². The summed E-state index contributed by atoms with van der Waals surface area (Å²) >= 11 is 5.59. The van der Waals surface area contributed by atoms with E-state index in [9.17, 15) is 4.79 Å². The average molecular weight is 293 g/mol. The lowest BCUT2D eigenvalue weighted by Gasteiger charge is -2.06. The van der Waals surface area contributed by atoms with Crippen LogP contribution in [0.5, 0.6) is 0 Å². The van der Waals surface area contributed by atoms with Gasteiger partial charge in [0.2, 0.25) is 5.91 Å². The monoisotopic (exact) mass is 292 g/mol. The largest absolute Gasteiger partial charge is 0.326 e. The summed E-state index contributed by atoms with van der Waals surface area (Å²) in [6.45, 7) is 1.85. The molecule has 5 nitrogen and oxygen atoms in total. The fraction of sp³-hybridized carbons (Fsp3) is 0.357. The number of aromatic amines is 1. The quantitative estimate of drug-likeness (QED) is 0.635. The molecule has 2 rings (SSSR count). The van der Waals surface area contributed by atoms with Crippen LogP contribution in [0.25, 0.3) is 11.4 Å². The number of rotatable bonds is 6. The Morgan fingerprint density at radius 2 is 2.25 bits per heavy atom. The van der Waals surface area contributed by atoms with Gasteiger partial charge in [-0.25, -0.2) is 4.98 Å². The molecule has 0 unspecified atom stereocenters. The van der Waals surface area contributed by atoms with Crippen molar-refractivity contribution in [2.45, 2.75) is 26.2 Å². The Morgan fingerprint density at radius 3 is 2.95 bits per heavy atom. The van der Waals surface area contributed by atoms with Crippen molar-refractivity contribution in [1.29, 1.82) is 0 Å². The number of aryl methyl sites for hydroxylation is 1. The zero-order valence-electron chi connectivity index (χ0n) is 11.3. The van der Waals surface area contributed by atoms with Crippen molar-refractivity contribution in [2.75, 3.05) is 11.2 Å². The molecule has 0 aliphatic heterocycles. The number of hydrogen-bond acceptors (Lipinski definition) is 3. The molecular formula is C14H17ClN4O. The molecule has 0 spiro atoms. The molecule has 0 aliphatic rings. The molecule has 2 aromatic rings. The molecule has 1 amide bonds. The van der Waals surface area contributed by atoms with Crippen LogP contribution in [0.3, 0.4) is 0 Å². The average Bonchev–Trinajstić information content (AvgIpc) is 2.86. The van der Waals surface area contributed by atoms with Gasteiger partial charge in [0.05, 0.1) is 0 Å². The maximum Gasteiger partial charge on any atom is 0.224 e. The summed E-state index contributed by atoms with van der Waals surface area (Å²) in [4.78, 5) is 16.0. The third-order valence-electron chi connectivity index (χ3n) is 2.79. The van der Waals surface area contributed by atoms with Crippen molar-refractivity contribution in [3.8, 4) is 11.4 Å². The van der Waals surface area contributed by atoms with Gasteiger partial charge in [-0.3, -0.25) is 9.89 Å². The molecule has 0 aliphatic carbocycles. The predicted molar refractivity (Wildman–Crippen MR) is 79.8 cm³/mol. The van der Waals surface area contributed by atoms with Crippen molar-refractivity contribution in [2.24, 2.45) is 0 Å². The molecule has 6 heteroatoms. The van der Waals surface area contributed by atoms with Gasteiger partial charge in [0.15, 0.2) is 5.82 Å². The van der Waals surface area contributed by atoms with Gasteiger partial charge >= 0.3 is 0 Å². The molecule has 0 fully saturated rings. The van der Waals surface area contributed by atoms with E-state index in [1.165, 1.54) is 0 Å². The Hall–Kier alpha value is -1.88. The Bertz CT molecular complexity index is 582. The highest BCUT2D eigenvalue weighted by Crippen LogP contribution is 2.19. The maximum absolute atomic E-state index is 11.7. The molecule has 106 valence electrons. The number of H-pyrrole nitrogens is 1. The number of benzene rings is 1. The van der Waals surface area contributed by atoms with Gasteiger partial charge in [-0.05, 0) is 31.9 Å². The first-order valence-electron chi connectivity index (χ1n) is 6.54. The Labute approximate surface area is 122 Å². The normalized spacial score (nSPS) is 10.5. The van der Waals surface area contributed by atoms with Crippen molar-refractivity contribution in [3.63, 3.8) is 0 Å². The minimum Gasteiger partial charge on any atom is -0.326 e. The summed E-state index contributed by atoms with van der Waals surface area (Å²) in [5.41, 5.74) is 1.62. The fourth-order valence-corrected chi connectivity index (χ4v) is 2.00. The van der Waals surface area contributed by atoms with Crippen LogP contribution in [-0.2, 0) is 4.79 Å². The highest BCUT2D eigenvalue weighted by atomic mass is 35.5. The van der Waals surface area contributed by atoms with Crippen LogP contribution in [0.1, 0.15) is 25.1 Å². The minimum atomic E-state index is -0.00145. The number of alkyl halides is 1. The van der Waals surface area contributed by atoms with Gasteiger partial charge < -0.3 is 5.32 Å². The first-order chi connectivity index (χ1) is 9.69. The lowest BCUT2D eigenvalue weighted by atomic mass is 10.2. The van der Waals surface area contributed by atoms with E-state index in [4.69, 9.17) is 11.6 Å². The van der Waals surface area contributed by atoms with Crippen LogP contribution in [-0.4, -0.2) is 27.0 Å². The number of nitrogens with zero attached hydrogens (tertiary/aromatic N) is 2. The molecule has 0 saturated heterocycles. The highest BCUT2D eigenvalue weighted by Gasteiger charge is 2.06. The summed E-state index contributed by atoms with van der Waals surface area (Å²) < 4.78 is 0. The summed E-state index contributed by atoms with van der Waals surface area (Å²) in [6, 6.07) is 7.49. The Morgan fingerprint density at radius 1 is 1.40 bits per heavy atom. The lowest BCUT2D eigenvalue weighted by Crippen LogP contribution is -2.11. The second-order valence-corrected chi connectivity index (χ2v) is 4.90. The van der Waals surface area contributed by atoms with Crippen LogP contribution >= 0.6 is 11.6 Å². The second-order valence-electron chi connectivity index (χ2n) is 4.52. The van der Waals surface area contributed by atoms with E-state index < -0.39 is 0 Å². The van der Waals surface area contributed by atoms with Crippen molar-refractivity contribution < 1.29 is 4.79 Å². The number of carbonyl (C=O) groups excluding carboxylic acids is 1. The van der Waals surface area contributed by atoms with Crippen LogP contribution in [0.2, 0.25) is 0 Å². The predicted octanol–water partition coefficient (Wildman–Crippen LogP) is 3.13. The van der Waals surface area contributed by atoms with Gasteiger partial charge in [0.1, 0.15) is 5.82 Å². The van der Waals surface area contributed by atoms with Gasteiger partial charge in [0.25, 0.3) is 0 Å². The number of unbranched alkanes of at least 4 members (excludes halogenated alkanes) is 1. The van der Waals surface area contributed by atoms with Crippen LogP contribution in [0.15, 0.2) is 24.3 Å². The molecule has 2 N–H and O–H groups in total. The van der Waals surface area contributed by atoms with E-state index in [1.807, 2.05) is 31.2 Å². The van der Waals surface area contributed by atoms with E-state index >= 15 is 0 Å². The van der Waals surface area contributed by atoms with E-state index in [0.29, 0.717) is 18.1 Å². The van der Waals surface area contributed by atoms with E-state index in [-0.39, 0.29) is 5.91 Å². The number of nitrogens with one attached hydrogen (secondary N) is 2. The first kappa shape index (κ1) is 14.5. The maximum atomic E-state index is 11.7. The summed E-state index contributed by atoms with van der Waals surface area (Å²) in [5, 5.41) is 9.77. The smallest absolute Gasteiger partial charge is 0.224 e. The second kappa shape index (κ2) is 7.05. The third kappa shape index (κ3) is 4.06. The first-order valence-corrected chi connectivity index (χ1v) is 7.08. The van der Waals surface area contributed by atoms with Gasteiger partial charge in [0, 0.05) is 23.6 Å². The van der Waals surface area contributed by atoms with Crippen molar-refractivity contribution in [1.82, 2.24) is 15.2 Å². The molecule has 1 heterocycles. The highest BCUT2D eigenvalue weighted by molar-refractivity contribution is 6.17. The lowest BCUT2D eigenvalue weighted by molar-refractivity contribution is -0.116. The molecule has 0 bridgehead atoms. The van der Waals surface area contributed by atoms with Crippen LogP contribution < -0.4 is 5.32 Å². The topological polar surface area (TPSA) is 70.7 Å². The number of anilines is 1. The van der Waals surface area contributed by atoms with Crippen molar-refractivity contribution in [3.05, 3.63) is 30.1 Å². The molecule has 0 saturated carbocycles. The third-order valence-corrected chi connectivity index (χ3v) is 3.06. The molecular weight excluding hydrogens is 276 g/mol. The molecule has 20 heavy (non-hydrogen) atoms. The summed E-state index contributed by atoms with van der Waals surface area (Å²) in [7, 11) is 0. The standard InChI is InChI=1S/C14H17ClN4O/c1-10-16-14(19-18-10)11-5-4-6-12(9-11)17-13(20)7-2-3-8-15/h4-6,9H,2-3,7-8H2,1H3,(H,17,20)(H,16,18,19). The van der Waals surface area contributed by atoms with Crippen molar-refractivity contribution >= 4 is 23.2 Å². The number of halogens is 1. The SMILES string of the molecule is Cc1nc(-c2cccc(NC(=O)CCCCCl)c2)n[nH]1. The summed E-state index contributed by atoms with van der Waals surface area (Å²) in [5.74, 6) is 1.97. The van der Waals surface area contributed by atoms with E-state index in [0.717, 1.165) is 29.9 Å². The number of aromatic nitrogens is 3. The molecule has 1 aromatic heterocycles. The van der Waals surface area contributed by atoms with E-state index in [2.05, 4.69) is 20.5 Å². The van der Waals surface area contributed by atoms with Crippen LogP contribution in [0, 0.1) is 6.92 Å².